The van der Waals surface area contributed by atoms with E-state index in [4.69, 9.17) is 4.74 Å². The van der Waals surface area contributed by atoms with Crippen molar-refractivity contribution in [2.45, 2.75) is 13.8 Å². The fraction of sp³-hybridized carbons (Fsp3) is 0.500. The maximum Gasteiger partial charge on any atom is 0.409 e. The molecule has 0 aromatic heterocycles. The van der Waals surface area contributed by atoms with Crippen LogP contribution < -0.4 is 4.31 Å². The molecule has 0 radical (unpaired) electrons. The number of benzene rings is 1. The third-order valence-corrected chi connectivity index (χ3v) is 6.65. The van der Waals surface area contributed by atoms with Crippen LogP contribution in [0.1, 0.15) is 24.2 Å². The van der Waals surface area contributed by atoms with Crippen molar-refractivity contribution in [3.63, 3.8) is 0 Å². The lowest BCUT2D eigenvalue weighted by molar-refractivity contribution is -0.119. The Balaban J connectivity index is 1.74. The second-order valence-electron chi connectivity index (χ2n) is 6.81. The zero-order chi connectivity index (χ0) is 20.5. The molecule has 152 valence electrons. The molecule has 0 N–H and O–H groups in total. The monoisotopic (exact) mass is 409 g/mol. The molecule has 10 heteroatoms. The number of nitrogens with zero attached hydrogens (tertiary/aromatic N) is 3. The number of rotatable bonds is 3. The van der Waals surface area contributed by atoms with Gasteiger partial charge in [0.05, 0.1) is 24.0 Å². The van der Waals surface area contributed by atoms with Crippen LogP contribution in [0.2, 0.25) is 0 Å². The van der Waals surface area contributed by atoms with Crippen molar-refractivity contribution in [2.24, 2.45) is 5.92 Å². The maximum absolute atomic E-state index is 12.8. The molecule has 2 heterocycles. The molecule has 2 aliphatic heterocycles. The number of piperazine rings is 1. The quantitative estimate of drug-likeness (QED) is 0.735. The summed E-state index contributed by atoms with van der Waals surface area (Å²) in [6, 6.07) is 6.07. The Morgan fingerprint density at radius 1 is 1.14 bits per heavy atom. The Hall–Kier alpha value is -2.62. The predicted octanol–water partition coefficient (Wildman–Crippen LogP) is 0.913. The standard InChI is InChI=1S/C18H23N3O6S/c1-3-27-18(24)20-9-7-19(8-10-20)17(23)14-5-4-6-15(11-14)21-16(22)13(2)12-28(21,25)26/h4-6,11,13H,3,7-10,12H2,1-2H3. The molecule has 9 nitrogen and oxygen atoms in total. The molecular weight excluding hydrogens is 386 g/mol. The van der Waals surface area contributed by atoms with Gasteiger partial charge in [0.2, 0.25) is 15.9 Å². The van der Waals surface area contributed by atoms with Crippen LogP contribution in [0.4, 0.5) is 10.5 Å². The van der Waals surface area contributed by atoms with Crippen molar-refractivity contribution in [1.82, 2.24) is 9.80 Å². The van der Waals surface area contributed by atoms with E-state index in [-0.39, 0.29) is 17.3 Å². The van der Waals surface area contributed by atoms with Crippen LogP contribution in [0, 0.1) is 5.92 Å². The Morgan fingerprint density at radius 2 is 1.79 bits per heavy atom. The van der Waals surface area contributed by atoms with Gasteiger partial charge in [0, 0.05) is 31.7 Å². The first kappa shape index (κ1) is 20.1. The summed E-state index contributed by atoms with van der Waals surface area (Å²) in [5, 5.41) is 0. The van der Waals surface area contributed by atoms with Crippen molar-refractivity contribution in [3.8, 4) is 0 Å². The largest absolute Gasteiger partial charge is 0.450 e. The Bertz CT molecular complexity index is 892. The van der Waals surface area contributed by atoms with E-state index in [0.29, 0.717) is 38.3 Å². The van der Waals surface area contributed by atoms with Gasteiger partial charge in [0.1, 0.15) is 0 Å². The molecule has 1 unspecified atom stereocenters. The maximum atomic E-state index is 12.8. The zero-order valence-electron chi connectivity index (χ0n) is 15.8. The number of hydrogen-bond acceptors (Lipinski definition) is 6. The van der Waals surface area contributed by atoms with Gasteiger partial charge in [-0.3, -0.25) is 9.59 Å². The summed E-state index contributed by atoms with van der Waals surface area (Å²) < 4.78 is 30.3. The normalized spacial score (nSPS) is 21.7. The highest BCUT2D eigenvalue weighted by molar-refractivity contribution is 7.94. The molecular formula is C18H23N3O6S. The van der Waals surface area contributed by atoms with Gasteiger partial charge >= 0.3 is 6.09 Å². The lowest BCUT2D eigenvalue weighted by Crippen LogP contribution is -2.50. The Morgan fingerprint density at radius 3 is 2.36 bits per heavy atom. The first-order valence-corrected chi connectivity index (χ1v) is 10.7. The summed E-state index contributed by atoms with van der Waals surface area (Å²) in [4.78, 5) is 40.0. The topological polar surface area (TPSA) is 104 Å². The molecule has 1 aromatic rings. The fourth-order valence-corrected chi connectivity index (χ4v) is 5.15. The van der Waals surface area contributed by atoms with Gasteiger partial charge in [0.15, 0.2) is 0 Å². The average Bonchev–Trinajstić information content (AvgIpc) is 2.88. The highest BCUT2D eigenvalue weighted by Crippen LogP contribution is 2.29. The minimum Gasteiger partial charge on any atom is -0.450 e. The van der Waals surface area contributed by atoms with Gasteiger partial charge in [-0.1, -0.05) is 13.0 Å². The minimum absolute atomic E-state index is 0.172. The summed E-state index contributed by atoms with van der Waals surface area (Å²) in [6.07, 6.45) is -0.400. The van der Waals surface area contributed by atoms with Crippen molar-refractivity contribution >= 4 is 33.6 Å². The van der Waals surface area contributed by atoms with Gasteiger partial charge < -0.3 is 14.5 Å². The van der Waals surface area contributed by atoms with Crippen molar-refractivity contribution in [2.75, 3.05) is 42.8 Å². The predicted molar refractivity (Wildman–Crippen MR) is 101 cm³/mol. The van der Waals surface area contributed by atoms with Crippen LogP contribution in [0.15, 0.2) is 24.3 Å². The second-order valence-corrected chi connectivity index (χ2v) is 8.67. The molecule has 2 fully saturated rings. The molecule has 2 aliphatic rings. The van der Waals surface area contributed by atoms with E-state index in [1.807, 2.05) is 0 Å². The molecule has 0 aliphatic carbocycles. The zero-order valence-corrected chi connectivity index (χ0v) is 16.6. The Kier molecular flexibility index (Phi) is 5.59. The first-order chi connectivity index (χ1) is 13.2. The van der Waals surface area contributed by atoms with E-state index >= 15 is 0 Å². The van der Waals surface area contributed by atoms with Crippen LogP contribution in [0.5, 0.6) is 0 Å². The van der Waals surface area contributed by atoms with E-state index in [1.54, 1.807) is 35.8 Å². The van der Waals surface area contributed by atoms with Crippen molar-refractivity contribution < 1.29 is 27.5 Å². The smallest absolute Gasteiger partial charge is 0.409 e. The molecule has 0 bridgehead atoms. The van der Waals surface area contributed by atoms with E-state index in [1.165, 1.54) is 12.1 Å². The second kappa shape index (κ2) is 7.78. The molecule has 1 atom stereocenters. The van der Waals surface area contributed by atoms with Gasteiger partial charge in [-0.05, 0) is 25.1 Å². The summed E-state index contributed by atoms with van der Waals surface area (Å²) in [7, 11) is -3.73. The highest BCUT2D eigenvalue weighted by atomic mass is 32.2. The number of anilines is 1. The minimum atomic E-state index is -3.73. The lowest BCUT2D eigenvalue weighted by atomic mass is 10.1. The molecule has 3 rings (SSSR count). The summed E-state index contributed by atoms with van der Waals surface area (Å²) in [6.45, 7) is 5.01. The molecule has 0 saturated carbocycles. The van der Waals surface area contributed by atoms with Gasteiger partial charge in [-0.2, -0.15) is 0 Å². The van der Waals surface area contributed by atoms with Gasteiger partial charge in [0.25, 0.3) is 5.91 Å². The van der Waals surface area contributed by atoms with Crippen LogP contribution >= 0.6 is 0 Å². The average molecular weight is 409 g/mol. The molecule has 28 heavy (non-hydrogen) atoms. The summed E-state index contributed by atoms with van der Waals surface area (Å²) >= 11 is 0. The fourth-order valence-electron chi connectivity index (χ4n) is 3.34. The number of ether oxygens (including phenoxy) is 1. The van der Waals surface area contributed by atoms with Crippen LogP contribution in [-0.4, -0.2) is 74.7 Å². The number of carbonyl (C=O) groups excluding carboxylic acids is 3. The number of hydrogen-bond donors (Lipinski definition) is 0. The molecule has 2 saturated heterocycles. The lowest BCUT2D eigenvalue weighted by Gasteiger charge is -2.34. The Labute approximate surface area is 163 Å². The summed E-state index contributed by atoms with van der Waals surface area (Å²) in [5.74, 6) is -1.62. The van der Waals surface area contributed by atoms with Crippen LogP contribution in [0.3, 0.4) is 0 Å². The van der Waals surface area contributed by atoms with Gasteiger partial charge in [-0.15, -0.1) is 0 Å². The summed E-state index contributed by atoms with van der Waals surface area (Å²) in [5.41, 5.74) is 0.468. The third-order valence-electron chi connectivity index (χ3n) is 4.78. The molecule has 0 spiro atoms. The van der Waals surface area contributed by atoms with Crippen molar-refractivity contribution in [3.05, 3.63) is 29.8 Å². The third kappa shape index (κ3) is 3.82. The van der Waals surface area contributed by atoms with E-state index in [2.05, 4.69) is 0 Å². The van der Waals surface area contributed by atoms with Crippen LogP contribution in [0.25, 0.3) is 0 Å². The number of sulfonamides is 1. The van der Waals surface area contributed by atoms with Crippen molar-refractivity contribution in [1.29, 1.82) is 0 Å². The van der Waals surface area contributed by atoms with E-state index < -0.39 is 27.9 Å². The van der Waals surface area contributed by atoms with Gasteiger partial charge in [-0.25, -0.2) is 17.5 Å². The molecule has 1 aromatic carbocycles. The highest BCUT2D eigenvalue weighted by Gasteiger charge is 2.42. The van der Waals surface area contributed by atoms with Crippen LogP contribution in [-0.2, 0) is 19.6 Å². The first-order valence-electron chi connectivity index (χ1n) is 9.12. The SMILES string of the molecule is CCOC(=O)N1CCN(C(=O)c2cccc(N3C(=O)C(C)CS3(=O)=O)c2)CC1. The number of carbonyl (C=O) groups is 3. The number of amides is 3. The van der Waals surface area contributed by atoms with E-state index in [0.717, 1.165) is 4.31 Å². The van der Waals surface area contributed by atoms with E-state index in [9.17, 15) is 22.8 Å². The molecule has 3 amide bonds.